The van der Waals surface area contributed by atoms with E-state index in [1.54, 1.807) is 7.11 Å². The van der Waals surface area contributed by atoms with Gasteiger partial charge in [-0.2, -0.15) is 0 Å². The maximum absolute atomic E-state index is 4.95. The minimum Gasteiger partial charge on any atom is -0.370 e. The summed E-state index contributed by atoms with van der Waals surface area (Å²) < 4.78 is 4.95. The van der Waals surface area contributed by atoms with E-state index in [0.29, 0.717) is 6.73 Å². The lowest BCUT2D eigenvalue weighted by molar-refractivity contribution is 0.174. The van der Waals surface area contributed by atoms with Gasteiger partial charge < -0.3 is 4.74 Å². The highest BCUT2D eigenvalue weighted by atomic mass is 16.5. The molecule has 0 saturated carbocycles. The molecule has 1 aromatic rings. The monoisotopic (exact) mass is 193 g/mol. The summed E-state index contributed by atoms with van der Waals surface area (Å²) in [6.45, 7) is 7.92. The predicted octanol–water partition coefficient (Wildman–Crippen LogP) is 2.31. The molecule has 0 amide bonds. The molecule has 1 aromatic carbocycles. The molecule has 0 atom stereocenters. The second kappa shape index (κ2) is 5.13. The van der Waals surface area contributed by atoms with Crippen LogP contribution in [0, 0.1) is 20.8 Å². The predicted molar refractivity (Wildman–Crippen MR) is 59.4 cm³/mol. The smallest absolute Gasteiger partial charge is 0.0964 e. The van der Waals surface area contributed by atoms with E-state index in [4.69, 9.17) is 4.74 Å². The third kappa shape index (κ3) is 2.82. The highest BCUT2D eigenvalue weighted by Crippen LogP contribution is 2.14. The molecule has 2 nitrogen and oxygen atoms in total. The highest BCUT2D eigenvalue weighted by Gasteiger charge is 2.00. The molecule has 14 heavy (non-hydrogen) atoms. The minimum absolute atomic E-state index is 0.604. The number of ether oxygens (including phenoxy) is 1. The van der Waals surface area contributed by atoms with E-state index >= 15 is 0 Å². The molecule has 0 saturated heterocycles. The summed E-state index contributed by atoms with van der Waals surface area (Å²) in [5, 5.41) is 3.22. The molecule has 0 aliphatic heterocycles. The summed E-state index contributed by atoms with van der Waals surface area (Å²) >= 11 is 0. The first-order chi connectivity index (χ1) is 6.65. The Kier molecular flexibility index (Phi) is 4.11. The summed E-state index contributed by atoms with van der Waals surface area (Å²) in [5.41, 5.74) is 5.41. The van der Waals surface area contributed by atoms with Crippen molar-refractivity contribution in [3.8, 4) is 0 Å². The molecule has 0 radical (unpaired) electrons. The van der Waals surface area contributed by atoms with Gasteiger partial charge in [0.25, 0.3) is 0 Å². The van der Waals surface area contributed by atoms with Gasteiger partial charge in [-0.15, -0.1) is 0 Å². The van der Waals surface area contributed by atoms with E-state index in [9.17, 15) is 0 Å². The molecule has 0 heterocycles. The standard InChI is InChI=1S/C12H19NO/c1-9-5-11(3)12(6-10(9)2)7-13-8-14-4/h5-6,13H,7-8H2,1-4H3. The zero-order valence-electron chi connectivity index (χ0n) is 9.48. The van der Waals surface area contributed by atoms with Gasteiger partial charge in [0.2, 0.25) is 0 Å². The average Bonchev–Trinajstić information content (AvgIpc) is 2.14. The zero-order chi connectivity index (χ0) is 10.6. The van der Waals surface area contributed by atoms with Crippen LogP contribution in [-0.2, 0) is 11.3 Å². The number of aryl methyl sites for hydroxylation is 3. The van der Waals surface area contributed by atoms with Gasteiger partial charge in [0, 0.05) is 13.7 Å². The van der Waals surface area contributed by atoms with Gasteiger partial charge in [-0.25, -0.2) is 0 Å². The largest absolute Gasteiger partial charge is 0.370 e. The molecule has 78 valence electrons. The fraction of sp³-hybridized carbons (Fsp3) is 0.500. The van der Waals surface area contributed by atoms with Gasteiger partial charge in [0.1, 0.15) is 0 Å². The summed E-state index contributed by atoms with van der Waals surface area (Å²) in [5.74, 6) is 0. The van der Waals surface area contributed by atoms with Crippen LogP contribution in [0.25, 0.3) is 0 Å². The van der Waals surface area contributed by atoms with Crippen molar-refractivity contribution in [1.82, 2.24) is 5.32 Å². The zero-order valence-corrected chi connectivity index (χ0v) is 9.48. The Labute approximate surface area is 86.3 Å². The van der Waals surface area contributed by atoms with E-state index in [-0.39, 0.29) is 0 Å². The van der Waals surface area contributed by atoms with Crippen LogP contribution >= 0.6 is 0 Å². The van der Waals surface area contributed by atoms with Crippen LogP contribution in [0.3, 0.4) is 0 Å². The molecule has 1 rings (SSSR count). The molecule has 0 unspecified atom stereocenters. The Hall–Kier alpha value is -0.860. The number of nitrogens with one attached hydrogen (secondary N) is 1. The minimum atomic E-state index is 0.604. The Balaban J connectivity index is 2.72. The molecule has 0 bridgehead atoms. The van der Waals surface area contributed by atoms with Crippen LogP contribution in [0.2, 0.25) is 0 Å². The summed E-state index contributed by atoms with van der Waals surface area (Å²) in [7, 11) is 1.69. The van der Waals surface area contributed by atoms with Crippen molar-refractivity contribution in [1.29, 1.82) is 0 Å². The maximum Gasteiger partial charge on any atom is 0.0964 e. The lowest BCUT2D eigenvalue weighted by Gasteiger charge is -2.10. The number of rotatable bonds is 4. The number of hydrogen-bond donors (Lipinski definition) is 1. The number of methoxy groups -OCH3 is 1. The summed E-state index contributed by atoms with van der Waals surface area (Å²) in [4.78, 5) is 0. The quantitative estimate of drug-likeness (QED) is 0.585. The van der Waals surface area contributed by atoms with E-state index in [1.165, 1.54) is 22.3 Å². The Morgan fingerprint density at radius 1 is 1.07 bits per heavy atom. The van der Waals surface area contributed by atoms with E-state index in [0.717, 1.165) is 6.54 Å². The summed E-state index contributed by atoms with van der Waals surface area (Å²) in [6.07, 6.45) is 0. The molecular weight excluding hydrogens is 174 g/mol. The van der Waals surface area contributed by atoms with E-state index in [2.05, 4.69) is 38.2 Å². The van der Waals surface area contributed by atoms with Gasteiger partial charge in [0.05, 0.1) is 6.73 Å². The van der Waals surface area contributed by atoms with Gasteiger partial charge in [-0.05, 0) is 43.0 Å². The first-order valence-corrected chi connectivity index (χ1v) is 4.91. The Morgan fingerprint density at radius 2 is 1.71 bits per heavy atom. The van der Waals surface area contributed by atoms with Crippen LogP contribution in [0.4, 0.5) is 0 Å². The lowest BCUT2D eigenvalue weighted by Crippen LogP contribution is -2.16. The van der Waals surface area contributed by atoms with Gasteiger partial charge in [-0.3, -0.25) is 5.32 Å². The SMILES string of the molecule is COCNCc1cc(C)c(C)cc1C. The van der Waals surface area contributed by atoms with Crippen LogP contribution < -0.4 is 5.32 Å². The van der Waals surface area contributed by atoms with Crippen molar-refractivity contribution in [3.05, 3.63) is 34.4 Å². The third-order valence-corrected chi connectivity index (χ3v) is 2.51. The molecule has 0 fully saturated rings. The molecular formula is C12H19NO. The van der Waals surface area contributed by atoms with Crippen molar-refractivity contribution >= 4 is 0 Å². The third-order valence-electron chi connectivity index (χ3n) is 2.51. The van der Waals surface area contributed by atoms with Crippen molar-refractivity contribution < 1.29 is 4.74 Å². The molecule has 0 aromatic heterocycles. The average molecular weight is 193 g/mol. The van der Waals surface area contributed by atoms with Gasteiger partial charge in [-0.1, -0.05) is 12.1 Å². The molecule has 0 spiro atoms. The van der Waals surface area contributed by atoms with Crippen LogP contribution in [0.1, 0.15) is 22.3 Å². The van der Waals surface area contributed by atoms with E-state index < -0.39 is 0 Å². The van der Waals surface area contributed by atoms with Crippen molar-refractivity contribution in [2.24, 2.45) is 0 Å². The molecule has 0 aliphatic rings. The normalized spacial score (nSPS) is 10.6. The topological polar surface area (TPSA) is 21.3 Å². The maximum atomic E-state index is 4.95. The van der Waals surface area contributed by atoms with Crippen LogP contribution in [-0.4, -0.2) is 13.8 Å². The van der Waals surface area contributed by atoms with Crippen LogP contribution in [0.5, 0.6) is 0 Å². The molecule has 2 heteroatoms. The van der Waals surface area contributed by atoms with Gasteiger partial charge in [0.15, 0.2) is 0 Å². The molecule has 0 aliphatic carbocycles. The van der Waals surface area contributed by atoms with Crippen molar-refractivity contribution in [2.45, 2.75) is 27.3 Å². The van der Waals surface area contributed by atoms with Gasteiger partial charge >= 0.3 is 0 Å². The van der Waals surface area contributed by atoms with Crippen molar-refractivity contribution in [2.75, 3.05) is 13.8 Å². The molecule has 1 N–H and O–H groups in total. The number of hydrogen-bond acceptors (Lipinski definition) is 2. The van der Waals surface area contributed by atoms with Crippen molar-refractivity contribution in [3.63, 3.8) is 0 Å². The second-order valence-electron chi connectivity index (χ2n) is 3.72. The fourth-order valence-corrected chi connectivity index (χ4v) is 1.50. The first kappa shape index (κ1) is 11.2. The van der Waals surface area contributed by atoms with E-state index in [1.807, 2.05) is 0 Å². The first-order valence-electron chi connectivity index (χ1n) is 4.91. The van der Waals surface area contributed by atoms with Crippen LogP contribution in [0.15, 0.2) is 12.1 Å². The highest BCUT2D eigenvalue weighted by molar-refractivity contribution is 5.36. The Morgan fingerprint density at radius 3 is 2.36 bits per heavy atom. The number of benzene rings is 1. The fourth-order valence-electron chi connectivity index (χ4n) is 1.50. The lowest BCUT2D eigenvalue weighted by atomic mass is 10.0. The second-order valence-corrected chi connectivity index (χ2v) is 3.72. The Bertz CT molecular complexity index is 307. The summed E-state index contributed by atoms with van der Waals surface area (Å²) in [6, 6.07) is 4.48.